The van der Waals surface area contributed by atoms with E-state index < -0.39 is 0 Å². The van der Waals surface area contributed by atoms with E-state index in [0.717, 1.165) is 30.7 Å². The third kappa shape index (κ3) is 5.47. The van der Waals surface area contributed by atoms with Crippen molar-refractivity contribution in [1.82, 2.24) is 19.7 Å². The fraction of sp³-hybridized carbons (Fsp3) is 0.571. The Bertz CT molecular complexity index is 840. The number of aromatic nitrogens is 3. The van der Waals surface area contributed by atoms with E-state index in [1.165, 1.54) is 0 Å². The minimum absolute atomic E-state index is 0.0551. The van der Waals surface area contributed by atoms with Crippen molar-refractivity contribution in [2.75, 3.05) is 26.4 Å². The zero-order valence-corrected chi connectivity index (χ0v) is 17.3. The van der Waals surface area contributed by atoms with Crippen molar-refractivity contribution in [2.24, 2.45) is 7.05 Å². The SMILES string of the molecule is CCc1nn(CCCOC(=O)c2ccn(C)c2)c2c1C(=O)NCCCOCCC2. The molecule has 8 nitrogen and oxygen atoms in total. The molecule has 0 aliphatic carbocycles. The smallest absolute Gasteiger partial charge is 0.339 e. The van der Waals surface area contributed by atoms with Crippen LogP contribution in [0.3, 0.4) is 0 Å². The van der Waals surface area contributed by atoms with Crippen LogP contribution in [0.4, 0.5) is 0 Å². The van der Waals surface area contributed by atoms with Crippen molar-refractivity contribution in [3.63, 3.8) is 0 Å². The van der Waals surface area contributed by atoms with Crippen LogP contribution in [0, 0.1) is 0 Å². The fourth-order valence-electron chi connectivity index (χ4n) is 3.50. The number of esters is 1. The normalized spacial score (nSPS) is 15.3. The largest absolute Gasteiger partial charge is 0.462 e. The van der Waals surface area contributed by atoms with Gasteiger partial charge in [0.05, 0.1) is 29.1 Å². The molecule has 3 rings (SSSR count). The lowest BCUT2D eigenvalue weighted by Gasteiger charge is -2.10. The van der Waals surface area contributed by atoms with Gasteiger partial charge in [-0.25, -0.2) is 4.79 Å². The summed E-state index contributed by atoms with van der Waals surface area (Å²) in [6.45, 7) is 4.85. The highest BCUT2D eigenvalue weighted by Gasteiger charge is 2.22. The summed E-state index contributed by atoms with van der Waals surface area (Å²) in [5, 5.41) is 7.66. The Labute approximate surface area is 171 Å². The molecule has 0 atom stereocenters. The van der Waals surface area contributed by atoms with E-state index in [-0.39, 0.29) is 11.9 Å². The highest BCUT2D eigenvalue weighted by atomic mass is 16.5. The fourth-order valence-corrected chi connectivity index (χ4v) is 3.50. The molecule has 1 amide bonds. The van der Waals surface area contributed by atoms with Crippen LogP contribution in [0.2, 0.25) is 0 Å². The average molecular weight is 402 g/mol. The Morgan fingerprint density at radius 3 is 2.93 bits per heavy atom. The summed E-state index contributed by atoms with van der Waals surface area (Å²) in [6, 6.07) is 1.74. The van der Waals surface area contributed by atoms with Crippen molar-refractivity contribution in [1.29, 1.82) is 0 Å². The van der Waals surface area contributed by atoms with E-state index in [9.17, 15) is 9.59 Å². The molecule has 8 heteroatoms. The summed E-state index contributed by atoms with van der Waals surface area (Å²) in [4.78, 5) is 24.8. The van der Waals surface area contributed by atoms with Gasteiger partial charge in [-0.3, -0.25) is 9.48 Å². The van der Waals surface area contributed by atoms with Gasteiger partial charge in [0, 0.05) is 52.2 Å². The van der Waals surface area contributed by atoms with E-state index in [2.05, 4.69) is 10.4 Å². The van der Waals surface area contributed by atoms with Gasteiger partial charge in [-0.15, -0.1) is 0 Å². The van der Waals surface area contributed by atoms with Gasteiger partial charge >= 0.3 is 5.97 Å². The molecule has 1 aliphatic heterocycles. The van der Waals surface area contributed by atoms with E-state index in [1.54, 1.807) is 12.3 Å². The Hall–Kier alpha value is -2.61. The zero-order valence-electron chi connectivity index (χ0n) is 17.3. The van der Waals surface area contributed by atoms with Crippen LogP contribution in [-0.2, 0) is 35.9 Å². The average Bonchev–Trinajstić information content (AvgIpc) is 3.29. The van der Waals surface area contributed by atoms with Gasteiger partial charge in [0.2, 0.25) is 0 Å². The number of rotatable bonds is 6. The standard InChI is InChI=1S/C21H30N4O4/c1-3-17-19-18(7-4-12-28-13-5-9-22-20(19)26)25(23-17)10-6-14-29-21(27)16-8-11-24(2)15-16/h8,11,15H,3-7,9-10,12-14H2,1-2H3,(H,22,26). The highest BCUT2D eigenvalue weighted by Crippen LogP contribution is 2.19. The maximum atomic E-state index is 12.7. The molecule has 1 N–H and O–H groups in total. The molecule has 29 heavy (non-hydrogen) atoms. The number of fused-ring (bicyclic) bond motifs is 1. The number of carbonyl (C=O) groups excluding carboxylic acids is 2. The van der Waals surface area contributed by atoms with Crippen LogP contribution in [0.15, 0.2) is 18.5 Å². The second-order valence-electron chi connectivity index (χ2n) is 7.23. The minimum Gasteiger partial charge on any atom is -0.462 e. The van der Waals surface area contributed by atoms with Crippen LogP contribution < -0.4 is 5.32 Å². The minimum atomic E-state index is -0.323. The second kappa shape index (κ2) is 10.2. The van der Waals surface area contributed by atoms with E-state index in [0.29, 0.717) is 56.9 Å². The second-order valence-corrected chi connectivity index (χ2v) is 7.23. The molecule has 0 bridgehead atoms. The van der Waals surface area contributed by atoms with Crippen LogP contribution in [0.25, 0.3) is 0 Å². The summed E-state index contributed by atoms with van der Waals surface area (Å²) in [6.07, 6.45) is 7.27. The topological polar surface area (TPSA) is 87.4 Å². The van der Waals surface area contributed by atoms with Crippen molar-refractivity contribution < 1.29 is 19.1 Å². The first kappa shape index (κ1) is 21.1. The molecule has 0 aromatic carbocycles. The molecule has 0 radical (unpaired) electrons. The molecule has 0 saturated heterocycles. The van der Waals surface area contributed by atoms with E-state index in [4.69, 9.17) is 9.47 Å². The first-order valence-corrected chi connectivity index (χ1v) is 10.3. The summed E-state index contributed by atoms with van der Waals surface area (Å²) < 4.78 is 14.7. The quantitative estimate of drug-likeness (QED) is 0.591. The Kier molecular flexibility index (Phi) is 7.46. The highest BCUT2D eigenvalue weighted by molar-refractivity contribution is 5.96. The number of aryl methyl sites for hydroxylation is 3. The molecule has 1 aliphatic rings. The summed E-state index contributed by atoms with van der Waals surface area (Å²) in [7, 11) is 1.86. The molecule has 158 valence electrons. The van der Waals surface area contributed by atoms with Crippen molar-refractivity contribution in [3.8, 4) is 0 Å². The van der Waals surface area contributed by atoms with Gasteiger partial charge < -0.3 is 19.4 Å². The van der Waals surface area contributed by atoms with Gasteiger partial charge in [-0.1, -0.05) is 6.92 Å². The Morgan fingerprint density at radius 2 is 2.17 bits per heavy atom. The van der Waals surface area contributed by atoms with Gasteiger partial charge in [0.1, 0.15) is 0 Å². The molecular formula is C21H30N4O4. The lowest BCUT2D eigenvalue weighted by atomic mass is 10.1. The summed E-state index contributed by atoms with van der Waals surface area (Å²) in [5.74, 6) is -0.378. The van der Waals surface area contributed by atoms with Crippen LogP contribution in [-0.4, -0.2) is 52.6 Å². The molecule has 2 aromatic heterocycles. The lowest BCUT2D eigenvalue weighted by Crippen LogP contribution is -2.26. The third-order valence-electron chi connectivity index (χ3n) is 4.96. The van der Waals surface area contributed by atoms with Crippen LogP contribution in [0.5, 0.6) is 0 Å². The zero-order chi connectivity index (χ0) is 20.6. The maximum Gasteiger partial charge on any atom is 0.339 e. The maximum absolute atomic E-state index is 12.7. The van der Waals surface area contributed by atoms with Gasteiger partial charge in [-0.2, -0.15) is 5.10 Å². The predicted molar refractivity (Wildman–Crippen MR) is 108 cm³/mol. The molecule has 2 aromatic rings. The number of nitrogens with zero attached hydrogens (tertiary/aromatic N) is 3. The predicted octanol–water partition coefficient (Wildman–Crippen LogP) is 2.11. The van der Waals surface area contributed by atoms with Gasteiger partial charge in [0.15, 0.2) is 0 Å². The van der Waals surface area contributed by atoms with Gasteiger partial charge in [-0.05, 0) is 31.7 Å². The van der Waals surface area contributed by atoms with Crippen molar-refractivity contribution >= 4 is 11.9 Å². The molecule has 0 spiro atoms. The molecule has 0 saturated carbocycles. The number of hydrogen-bond acceptors (Lipinski definition) is 5. The molecule has 0 fully saturated rings. The summed E-state index contributed by atoms with van der Waals surface area (Å²) in [5.41, 5.74) is 3.01. The first-order valence-electron chi connectivity index (χ1n) is 10.3. The Balaban J connectivity index is 1.65. The monoisotopic (exact) mass is 402 g/mol. The van der Waals surface area contributed by atoms with Crippen molar-refractivity contribution in [2.45, 2.75) is 45.6 Å². The number of ether oxygens (including phenoxy) is 2. The van der Waals surface area contributed by atoms with Crippen LogP contribution in [0.1, 0.15) is 58.3 Å². The number of carbonyl (C=O) groups is 2. The van der Waals surface area contributed by atoms with Gasteiger partial charge in [0.25, 0.3) is 5.91 Å². The van der Waals surface area contributed by atoms with E-state index >= 15 is 0 Å². The lowest BCUT2D eigenvalue weighted by molar-refractivity contribution is 0.0494. The molecule has 3 heterocycles. The molecular weight excluding hydrogens is 372 g/mol. The summed E-state index contributed by atoms with van der Waals surface area (Å²) >= 11 is 0. The third-order valence-corrected chi connectivity index (χ3v) is 4.96. The number of hydrogen-bond donors (Lipinski definition) is 1. The van der Waals surface area contributed by atoms with Crippen molar-refractivity contribution in [3.05, 3.63) is 41.0 Å². The first-order chi connectivity index (χ1) is 14.1. The number of nitrogens with one attached hydrogen (secondary N) is 1. The van der Waals surface area contributed by atoms with Crippen LogP contribution >= 0.6 is 0 Å². The van der Waals surface area contributed by atoms with E-state index in [1.807, 2.05) is 29.4 Å². The number of amides is 1. The Morgan fingerprint density at radius 1 is 1.34 bits per heavy atom. The molecule has 0 unspecified atom stereocenters.